The van der Waals surface area contributed by atoms with Crippen LogP contribution in [0.25, 0.3) is 0 Å². The van der Waals surface area contributed by atoms with Crippen molar-refractivity contribution in [3.05, 3.63) is 0 Å². The van der Waals surface area contributed by atoms with Crippen molar-refractivity contribution in [3.63, 3.8) is 0 Å². The van der Waals surface area contributed by atoms with Gasteiger partial charge in [-0.1, -0.05) is 27.2 Å². The third-order valence-corrected chi connectivity index (χ3v) is 5.69. The predicted molar refractivity (Wildman–Crippen MR) is 85.7 cm³/mol. The lowest BCUT2D eigenvalue weighted by Gasteiger charge is -2.37. The molecule has 118 valence electrons. The van der Waals surface area contributed by atoms with Crippen LogP contribution < -0.4 is 5.32 Å². The Morgan fingerprint density at radius 3 is 2.15 bits per heavy atom. The van der Waals surface area contributed by atoms with E-state index in [-0.39, 0.29) is 6.10 Å². The molecule has 2 nitrogen and oxygen atoms in total. The average molecular weight is 281 g/mol. The van der Waals surface area contributed by atoms with E-state index < -0.39 is 0 Å². The fourth-order valence-electron chi connectivity index (χ4n) is 4.17. The maximum atomic E-state index is 9.71. The van der Waals surface area contributed by atoms with Crippen LogP contribution in [0.15, 0.2) is 0 Å². The van der Waals surface area contributed by atoms with Crippen LogP contribution in [0.4, 0.5) is 0 Å². The number of aliphatic hydroxyl groups excluding tert-OH is 1. The van der Waals surface area contributed by atoms with Gasteiger partial charge in [-0.2, -0.15) is 0 Å². The maximum absolute atomic E-state index is 9.71. The zero-order valence-electron chi connectivity index (χ0n) is 13.8. The van der Waals surface area contributed by atoms with Crippen LogP contribution in [0.1, 0.15) is 72.1 Å². The lowest BCUT2D eigenvalue weighted by atomic mass is 9.70. The Bertz CT molecular complexity index is 276. The van der Waals surface area contributed by atoms with Gasteiger partial charge >= 0.3 is 0 Å². The van der Waals surface area contributed by atoms with Crippen molar-refractivity contribution in [2.45, 2.75) is 78.2 Å². The summed E-state index contributed by atoms with van der Waals surface area (Å²) < 4.78 is 0. The van der Waals surface area contributed by atoms with Gasteiger partial charge in [-0.25, -0.2) is 0 Å². The Morgan fingerprint density at radius 2 is 1.55 bits per heavy atom. The van der Waals surface area contributed by atoms with E-state index in [1.54, 1.807) is 0 Å². The molecule has 2 rings (SSSR count). The van der Waals surface area contributed by atoms with Crippen molar-refractivity contribution in [2.75, 3.05) is 13.1 Å². The highest BCUT2D eigenvalue weighted by Crippen LogP contribution is 2.39. The topological polar surface area (TPSA) is 32.3 Å². The van der Waals surface area contributed by atoms with Gasteiger partial charge in [-0.15, -0.1) is 0 Å². The third kappa shape index (κ3) is 5.04. The fourth-order valence-corrected chi connectivity index (χ4v) is 4.17. The summed E-state index contributed by atoms with van der Waals surface area (Å²) >= 11 is 0. The summed E-state index contributed by atoms with van der Waals surface area (Å²) in [6.07, 6.45) is 10.2. The molecule has 0 saturated heterocycles. The van der Waals surface area contributed by atoms with Gasteiger partial charge in [0, 0.05) is 0 Å². The van der Waals surface area contributed by atoms with E-state index in [2.05, 4.69) is 26.1 Å². The number of hydrogen-bond donors (Lipinski definition) is 2. The Kier molecular flexibility index (Phi) is 5.92. The van der Waals surface area contributed by atoms with Crippen LogP contribution in [-0.4, -0.2) is 24.3 Å². The van der Waals surface area contributed by atoms with Gasteiger partial charge in [0.15, 0.2) is 0 Å². The largest absolute Gasteiger partial charge is 0.393 e. The summed E-state index contributed by atoms with van der Waals surface area (Å²) in [5, 5.41) is 13.4. The Balaban J connectivity index is 1.59. The highest BCUT2D eigenvalue weighted by molar-refractivity contribution is 4.82. The molecular formula is C18H35NO. The lowest BCUT2D eigenvalue weighted by Crippen LogP contribution is -2.34. The molecule has 2 N–H and O–H groups in total. The van der Waals surface area contributed by atoms with E-state index in [9.17, 15) is 5.11 Å². The van der Waals surface area contributed by atoms with Crippen molar-refractivity contribution in [1.29, 1.82) is 0 Å². The van der Waals surface area contributed by atoms with Crippen LogP contribution in [0.3, 0.4) is 0 Å². The zero-order chi connectivity index (χ0) is 14.6. The van der Waals surface area contributed by atoms with Crippen LogP contribution in [0.5, 0.6) is 0 Å². The number of nitrogens with one attached hydrogen (secondary N) is 1. The van der Waals surface area contributed by atoms with E-state index in [0.29, 0.717) is 11.3 Å². The summed E-state index contributed by atoms with van der Waals surface area (Å²) in [4.78, 5) is 0. The number of aliphatic hydroxyl groups is 1. The van der Waals surface area contributed by atoms with Crippen LogP contribution in [0, 0.1) is 23.2 Å². The minimum atomic E-state index is -0.0298. The smallest absolute Gasteiger partial charge is 0.0543 e. The average Bonchev–Trinajstić information content (AvgIpc) is 2.38. The maximum Gasteiger partial charge on any atom is 0.0543 e. The van der Waals surface area contributed by atoms with Gasteiger partial charge in [0.25, 0.3) is 0 Å². The second kappa shape index (κ2) is 7.26. The first-order valence-corrected chi connectivity index (χ1v) is 8.84. The molecule has 2 saturated carbocycles. The summed E-state index contributed by atoms with van der Waals surface area (Å²) in [6, 6.07) is 0. The molecule has 0 bridgehead atoms. The Morgan fingerprint density at radius 1 is 0.900 bits per heavy atom. The molecule has 0 aromatic carbocycles. The minimum absolute atomic E-state index is 0.0298. The van der Waals surface area contributed by atoms with E-state index in [1.807, 2.05) is 0 Å². The second-order valence-electron chi connectivity index (χ2n) is 8.43. The first-order valence-electron chi connectivity index (χ1n) is 8.84. The molecule has 2 aliphatic rings. The molecule has 20 heavy (non-hydrogen) atoms. The fraction of sp³-hybridized carbons (Fsp3) is 1.00. The van der Waals surface area contributed by atoms with Crippen molar-refractivity contribution < 1.29 is 5.11 Å². The van der Waals surface area contributed by atoms with Gasteiger partial charge in [0.1, 0.15) is 0 Å². The molecule has 0 amide bonds. The van der Waals surface area contributed by atoms with Gasteiger partial charge in [0.2, 0.25) is 0 Å². The van der Waals surface area contributed by atoms with E-state index in [4.69, 9.17) is 0 Å². The Labute approximate surface area is 125 Å². The standard InChI is InChI=1S/C18H35NO/c1-18(2,3)16-9-7-14(8-10-16)12-19-13-15-5-4-6-17(20)11-15/h14-17,19-20H,4-13H2,1-3H3. The molecule has 2 fully saturated rings. The highest BCUT2D eigenvalue weighted by atomic mass is 16.3. The molecule has 0 aliphatic heterocycles. The molecule has 0 radical (unpaired) electrons. The summed E-state index contributed by atoms with van der Waals surface area (Å²) in [5.41, 5.74) is 0.497. The van der Waals surface area contributed by atoms with Gasteiger partial charge < -0.3 is 10.4 Å². The number of rotatable bonds is 4. The lowest BCUT2D eigenvalue weighted by molar-refractivity contribution is 0.0992. The van der Waals surface area contributed by atoms with Crippen LogP contribution in [0.2, 0.25) is 0 Å². The Hall–Kier alpha value is -0.0800. The molecule has 2 aliphatic carbocycles. The SMILES string of the molecule is CC(C)(C)C1CCC(CNCC2CCCC(O)C2)CC1. The number of hydrogen-bond acceptors (Lipinski definition) is 2. The molecule has 0 heterocycles. The van der Waals surface area contributed by atoms with Crippen molar-refractivity contribution in [3.8, 4) is 0 Å². The van der Waals surface area contributed by atoms with Crippen molar-refractivity contribution in [1.82, 2.24) is 5.32 Å². The van der Waals surface area contributed by atoms with E-state index in [1.165, 1.54) is 45.1 Å². The highest BCUT2D eigenvalue weighted by Gasteiger charge is 2.29. The van der Waals surface area contributed by atoms with Crippen molar-refractivity contribution in [2.24, 2.45) is 23.2 Å². The van der Waals surface area contributed by atoms with Gasteiger partial charge in [-0.05, 0) is 81.2 Å². The molecular weight excluding hydrogens is 246 g/mol. The molecule has 2 heteroatoms. The van der Waals surface area contributed by atoms with Gasteiger partial charge in [-0.3, -0.25) is 0 Å². The summed E-state index contributed by atoms with van der Waals surface area (Å²) in [7, 11) is 0. The monoisotopic (exact) mass is 281 g/mol. The minimum Gasteiger partial charge on any atom is -0.393 e. The van der Waals surface area contributed by atoms with Crippen LogP contribution >= 0.6 is 0 Å². The first kappa shape index (κ1) is 16.3. The van der Waals surface area contributed by atoms with Crippen molar-refractivity contribution >= 4 is 0 Å². The summed E-state index contributed by atoms with van der Waals surface area (Å²) in [5.74, 6) is 2.53. The molecule has 0 aromatic heterocycles. The predicted octanol–water partition coefficient (Wildman–Crippen LogP) is 3.98. The molecule has 0 aromatic rings. The first-order chi connectivity index (χ1) is 9.45. The van der Waals surface area contributed by atoms with Crippen LogP contribution in [-0.2, 0) is 0 Å². The molecule has 2 unspecified atom stereocenters. The second-order valence-corrected chi connectivity index (χ2v) is 8.43. The normalized spacial score (nSPS) is 36.0. The summed E-state index contributed by atoms with van der Waals surface area (Å²) in [6.45, 7) is 9.50. The van der Waals surface area contributed by atoms with E-state index >= 15 is 0 Å². The quantitative estimate of drug-likeness (QED) is 0.817. The molecule has 2 atom stereocenters. The third-order valence-electron chi connectivity index (χ3n) is 5.69. The van der Waals surface area contributed by atoms with Gasteiger partial charge in [0.05, 0.1) is 6.10 Å². The van der Waals surface area contributed by atoms with E-state index in [0.717, 1.165) is 31.2 Å². The zero-order valence-corrected chi connectivity index (χ0v) is 13.8. The molecule has 0 spiro atoms.